The minimum absolute atomic E-state index is 0.117. The fourth-order valence-electron chi connectivity index (χ4n) is 2.67. The molecule has 0 unspecified atom stereocenters. The van der Waals surface area contributed by atoms with Crippen molar-refractivity contribution in [3.8, 4) is 11.3 Å². The van der Waals surface area contributed by atoms with Crippen molar-refractivity contribution < 1.29 is 18.7 Å². The first kappa shape index (κ1) is 15.7. The second kappa shape index (κ2) is 6.54. The second-order valence-electron chi connectivity index (χ2n) is 6.10. The first-order valence-corrected chi connectivity index (χ1v) is 7.88. The van der Waals surface area contributed by atoms with Gasteiger partial charge in [-0.25, -0.2) is 4.39 Å². The number of furan rings is 1. The van der Waals surface area contributed by atoms with Crippen LogP contribution in [0.25, 0.3) is 11.3 Å². The molecule has 2 aromatic rings. The van der Waals surface area contributed by atoms with E-state index in [-0.39, 0.29) is 18.1 Å². The topological polar surface area (TPSA) is 62.5 Å². The van der Waals surface area contributed by atoms with E-state index in [1.165, 1.54) is 6.07 Å². The van der Waals surface area contributed by atoms with E-state index in [1.54, 1.807) is 30.3 Å². The van der Waals surface area contributed by atoms with Crippen LogP contribution in [0.2, 0.25) is 0 Å². The van der Waals surface area contributed by atoms with Crippen LogP contribution < -0.4 is 5.32 Å². The summed E-state index contributed by atoms with van der Waals surface area (Å²) in [5.41, 5.74) is -0.298. The standard InChI is InChI=1S/C18H20FNO3/c19-15-5-2-1-4-14(15)16-8-6-13(23-16)7-9-17(21)20-12-18(22)10-3-11-18/h1-2,4-6,8,22H,3,7,9-12H2,(H,20,21). The molecular formula is C18H20FNO3. The van der Waals surface area contributed by atoms with E-state index in [9.17, 15) is 14.3 Å². The number of rotatable bonds is 6. The highest BCUT2D eigenvalue weighted by Crippen LogP contribution is 2.30. The second-order valence-corrected chi connectivity index (χ2v) is 6.10. The van der Waals surface area contributed by atoms with Gasteiger partial charge in [-0.3, -0.25) is 4.79 Å². The first-order valence-electron chi connectivity index (χ1n) is 7.88. The molecule has 0 radical (unpaired) electrons. The summed E-state index contributed by atoms with van der Waals surface area (Å²) in [6.07, 6.45) is 3.23. The van der Waals surface area contributed by atoms with E-state index < -0.39 is 5.60 Å². The zero-order valence-corrected chi connectivity index (χ0v) is 12.8. The zero-order valence-electron chi connectivity index (χ0n) is 12.8. The average Bonchev–Trinajstić information content (AvgIpc) is 2.98. The van der Waals surface area contributed by atoms with Gasteiger partial charge >= 0.3 is 0 Å². The van der Waals surface area contributed by atoms with E-state index in [0.29, 0.717) is 30.0 Å². The summed E-state index contributed by atoms with van der Waals surface area (Å²) in [5.74, 6) is 0.650. The van der Waals surface area contributed by atoms with E-state index >= 15 is 0 Å². The van der Waals surface area contributed by atoms with Gasteiger partial charge in [0.2, 0.25) is 5.91 Å². The largest absolute Gasteiger partial charge is 0.461 e. The van der Waals surface area contributed by atoms with Crippen molar-refractivity contribution in [3.05, 3.63) is 48.0 Å². The highest BCUT2D eigenvalue weighted by molar-refractivity contribution is 5.76. The minimum atomic E-state index is -0.710. The third-order valence-electron chi connectivity index (χ3n) is 4.30. The molecule has 0 saturated heterocycles. The summed E-state index contributed by atoms with van der Waals surface area (Å²) in [5, 5.41) is 12.7. The molecule has 1 aliphatic rings. The summed E-state index contributed by atoms with van der Waals surface area (Å²) in [7, 11) is 0. The molecule has 1 heterocycles. The molecule has 1 fully saturated rings. The maximum Gasteiger partial charge on any atom is 0.220 e. The van der Waals surface area contributed by atoms with Gasteiger partial charge in [-0.2, -0.15) is 0 Å². The van der Waals surface area contributed by atoms with Crippen LogP contribution in [0, 0.1) is 5.82 Å². The Labute approximate surface area is 134 Å². The Morgan fingerprint density at radius 2 is 2.04 bits per heavy atom. The van der Waals surface area contributed by atoms with Crippen molar-refractivity contribution in [2.75, 3.05) is 6.54 Å². The Balaban J connectivity index is 1.51. The highest BCUT2D eigenvalue weighted by atomic mass is 19.1. The van der Waals surface area contributed by atoms with Gasteiger partial charge in [0.15, 0.2) is 0 Å². The number of carbonyl (C=O) groups excluding carboxylic acids is 1. The van der Waals surface area contributed by atoms with Crippen LogP contribution in [0.3, 0.4) is 0 Å². The maximum atomic E-state index is 13.7. The van der Waals surface area contributed by atoms with Crippen molar-refractivity contribution in [2.45, 2.75) is 37.7 Å². The van der Waals surface area contributed by atoms with Gasteiger partial charge < -0.3 is 14.8 Å². The monoisotopic (exact) mass is 317 g/mol. The van der Waals surface area contributed by atoms with Crippen molar-refractivity contribution in [1.29, 1.82) is 0 Å². The molecule has 1 amide bonds. The number of amides is 1. The molecule has 23 heavy (non-hydrogen) atoms. The van der Waals surface area contributed by atoms with E-state index in [0.717, 1.165) is 19.3 Å². The van der Waals surface area contributed by atoms with Crippen LogP contribution in [0.5, 0.6) is 0 Å². The number of aryl methyl sites for hydroxylation is 1. The smallest absolute Gasteiger partial charge is 0.220 e. The van der Waals surface area contributed by atoms with Crippen molar-refractivity contribution in [1.82, 2.24) is 5.32 Å². The molecule has 0 aliphatic heterocycles. The van der Waals surface area contributed by atoms with Gasteiger partial charge in [0.25, 0.3) is 0 Å². The Hall–Kier alpha value is -2.14. The summed E-state index contributed by atoms with van der Waals surface area (Å²) in [6, 6.07) is 9.89. The molecule has 1 aliphatic carbocycles. The van der Waals surface area contributed by atoms with Crippen LogP contribution in [0.15, 0.2) is 40.8 Å². The lowest BCUT2D eigenvalue weighted by atomic mass is 9.80. The first-order chi connectivity index (χ1) is 11.1. The van der Waals surface area contributed by atoms with E-state index in [2.05, 4.69) is 5.32 Å². The molecule has 3 rings (SSSR count). The summed E-state index contributed by atoms with van der Waals surface area (Å²) >= 11 is 0. The van der Waals surface area contributed by atoms with Crippen LogP contribution in [-0.4, -0.2) is 23.2 Å². The number of carbonyl (C=O) groups is 1. The normalized spacial score (nSPS) is 15.9. The number of aliphatic hydroxyl groups is 1. The highest BCUT2D eigenvalue weighted by Gasteiger charge is 2.34. The molecule has 122 valence electrons. The predicted molar refractivity (Wildman–Crippen MR) is 84.2 cm³/mol. The van der Waals surface area contributed by atoms with Gasteiger partial charge in [-0.05, 0) is 43.5 Å². The lowest BCUT2D eigenvalue weighted by Crippen LogP contribution is -2.47. The van der Waals surface area contributed by atoms with Crippen LogP contribution in [0.4, 0.5) is 4.39 Å². The summed E-state index contributed by atoms with van der Waals surface area (Å²) in [4.78, 5) is 11.8. The zero-order chi connectivity index (χ0) is 16.3. The molecule has 1 aromatic carbocycles. The van der Waals surface area contributed by atoms with Crippen LogP contribution >= 0.6 is 0 Å². The molecule has 2 N–H and O–H groups in total. The quantitative estimate of drug-likeness (QED) is 0.861. The summed E-state index contributed by atoms with van der Waals surface area (Å²) in [6.45, 7) is 0.310. The Bertz CT molecular complexity index is 691. The van der Waals surface area contributed by atoms with Crippen molar-refractivity contribution >= 4 is 5.91 Å². The number of hydrogen-bond donors (Lipinski definition) is 2. The lowest BCUT2D eigenvalue weighted by molar-refractivity contribution is -0.123. The lowest BCUT2D eigenvalue weighted by Gasteiger charge is -2.36. The fourth-order valence-corrected chi connectivity index (χ4v) is 2.67. The number of nitrogens with one attached hydrogen (secondary N) is 1. The Morgan fingerprint density at radius 1 is 1.26 bits per heavy atom. The van der Waals surface area contributed by atoms with E-state index in [1.807, 2.05) is 0 Å². The summed E-state index contributed by atoms with van der Waals surface area (Å²) < 4.78 is 19.3. The molecule has 5 heteroatoms. The van der Waals surface area contributed by atoms with Crippen molar-refractivity contribution in [3.63, 3.8) is 0 Å². The molecule has 0 spiro atoms. The maximum absolute atomic E-state index is 13.7. The number of benzene rings is 1. The Kier molecular flexibility index (Phi) is 4.48. The average molecular weight is 317 g/mol. The third kappa shape index (κ3) is 3.79. The molecular weight excluding hydrogens is 297 g/mol. The van der Waals surface area contributed by atoms with Gasteiger partial charge in [0.05, 0.1) is 11.2 Å². The predicted octanol–water partition coefficient (Wildman–Crippen LogP) is 3.05. The van der Waals surface area contributed by atoms with E-state index in [4.69, 9.17) is 4.42 Å². The van der Waals surface area contributed by atoms with Gasteiger partial charge in [0.1, 0.15) is 17.3 Å². The van der Waals surface area contributed by atoms with Gasteiger partial charge in [-0.15, -0.1) is 0 Å². The van der Waals surface area contributed by atoms with Crippen LogP contribution in [-0.2, 0) is 11.2 Å². The minimum Gasteiger partial charge on any atom is -0.461 e. The van der Waals surface area contributed by atoms with Crippen LogP contribution in [0.1, 0.15) is 31.4 Å². The molecule has 0 atom stereocenters. The molecule has 4 nitrogen and oxygen atoms in total. The molecule has 1 saturated carbocycles. The van der Waals surface area contributed by atoms with Crippen molar-refractivity contribution in [2.24, 2.45) is 0 Å². The Morgan fingerprint density at radius 3 is 2.74 bits per heavy atom. The van der Waals surface area contributed by atoms with Gasteiger partial charge in [-0.1, -0.05) is 12.1 Å². The SMILES string of the molecule is O=C(CCc1ccc(-c2ccccc2F)o1)NCC1(O)CCC1. The molecule has 1 aromatic heterocycles. The molecule has 0 bridgehead atoms. The fraction of sp³-hybridized carbons (Fsp3) is 0.389. The van der Waals surface area contributed by atoms with Gasteiger partial charge in [0, 0.05) is 19.4 Å². The number of hydrogen-bond acceptors (Lipinski definition) is 3. The number of halogens is 1. The third-order valence-corrected chi connectivity index (χ3v) is 4.30.